The van der Waals surface area contributed by atoms with Crippen LogP contribution in [0.5, 0.6) is 0 Å². The van der Waals surface area contributed by atoms with E-state index in [4.69, 9.17) is 0 Å². The Bertz CT molecular complexity index is 194. The Morgan fingerprint density at radius 3 is 2.50 bits per heavy atom. The van der Waals surface area contributed by atoms with Crippen molar-refractivity contribution in [1.29, 1.82) is 0 Å². The minimum atomic E-state index is -0.688. The predicted octanol–water partition coefficient (Wildman–Crippen LogP) is 0.910. The smallest absolute Gasteiger partial charge is 0.331 e. The summed E-state index contributed by atoms with van der Waals surface area (Å²) in [6.45, 7) is 3.88. The second-order valence-electron chi connectivity index (χ2n) is 2.89. The Labute approximate surface area is 71.6 Å². The number of esters is 1. The van der Waals surface area contributed by atoms with Crippen molar-refractivity contribution < 1.29 is 14.3 Å². The van der Waals surface area contributed by atoms with E-state index in [1.807, 2.05) is 13.8 Å². The number of isocyanates is 1. The van der Waals surface area contributed by atoms with E-state index in [1.165, 1.54) is 13.2 Å². The molecule has 0 unspecified atom stereocenters. The summed E-state index contributed by atoms with van der Waals surface area (Å²) in [5.41, 5.74) is 0. The van der Waals surface area contributed by atoms with Crippen molar-refractivity contribution >= 4 is 12.0 Å². The van der Waals surface area contributed by atoms with Gasteiger partial charge in [-0.1, -0.05) is 13.8 Å². The van der Waals surface area contributed by atoms with Crippen molar-refractivity contribution in [3.8, 4) is 0 Å². The summed E-state index contributed by atoms with van der Waals surface area (Å²) in [6.07, 6.45) is 1.88. The van der Waals surface area contributed by atoms with E-state index in [0.29, 0.717) is 12.3 Å². The van der Waals surface area contributed by atoms with Gasteiger partial charge in [0.1, 0.15) is 0 Å². The fourth-order valence-corrected chi connectivity index (χ4v) is 0.848. The second kappa shape index (κ2) is 5.49. The maximum Gasteiger partial charge on any atom is 0.331 e. The van der Waals surface area contributed by atoms with E-state index in [1.54, 1.807) is 0 Å². The average Bonchev–Trinajstić information content (AvgIpc) is 2.01. The molecule has 4 heteroatoms. The van der Waals surface area contributed by atoms with Gasteiger partial charge in [0.2, 0.25) is 6.08 Å². The lowest BCUT2D eigenvalue weighted by molar-refractivity contribution is -0.142. The summed E-state index contributed by atoms with van der Waals surface area (Å²) in [7, 11) is 1.27. The van der Waals surface area contributed by atoms with E-state index < -0.39 is 12.0 Å². The summed E-state index contributed by atoms with van der Waals surface area (Å²) in [6, 6.07) is -0.688. The predicted molar refractivity (Wildman–Crippen MR) is 43.4 cm³/mol. The number of carbonyl (C=O) groups excluding carboxylic acids is 2. The molecule has 68 valence electrons. The maximum atomic E-state index is 10.9. The lowest BCUT2D eigenvalue weighted by Crippen LogP contribution is -2.21. The first kappa shape index (κ1) is 10.8. The van der Waals surface area contributed by atoms with Crippen LogP contribution < -0.4 is 0 Å². The van der Waals surface area contributed by atoms with Gasteiger partial charge >= 0.3 is 5.97 Å². The molecule has 0 rings (SSSR count). The van der Waals surface area contributed by atoms with Gasteiger partial charge in [0.05, 0.1) is 7.11 Å². The zero-order valence-electron chi connectivity index (χ0n) is 7.53. The minimum Gasteiger partial charge on any atom is -0.467 e. The third kappa shape index (κ3) is 3.88. The van der Waals surface area contributed by atoms with E-state index in [-0.39, 0.29) is 0 Å². The molecule has 0 saturated heterocycles. The first-order valence-electron chi connectivity index (χ1n) is 3.76. The van der Waals surface area contributed by atoms with Gasteiger partial charge in [-0.2, -0.15) is 4.99 Å². The third-order valence-corrected chi connectivity index (χ3v) is 1.38. The van der Waals surface area contributed by atoms with Crippen molar-refractivity contribution in [3.63, 3.8) is 0 Å². The highest BCUT2D eigenvalue weighted by molar-refractivity contribution is 5.76. The first-order chi connectivity index (χ1) is 5.61. The first-order valence-corrected chi connectivity index (χ1v) is 3.76. The molecule has 0 aromatic carbocycles. The van der Waals surface area contributed by atoms with Crippen LogP contribution in [0.4, 0.5) is 0 Å². The number of carbonyl (C=O) groups is 1. The largest absolute Gasteiger partial charge is 0.467 e. The van der Waals surface area contributed by atoms with Gasteiger partial charge in [-0.25, -0.2) is 9.59 Å². The lowest BCUT2D eigenvalue weighted by atomic mass is 10.0. The number of rotatable bonds is 4. The molecule has 4 nitrogen and oxygen atoms in total. The van der Waals surface area contributed by atoms with Gasteiger partial charge in [-0.3, -0.25) is 0 Å². The summed E-state index contributed by atoms with van der Waals surface area (Å²) < 4.78 is 4.45. The Hall–Kier alpha value is -1.15. The Morgan fingerprint density at radius 1 is 1.58 bits per heavy atom. The molecule has 1 atom stereocenters. The van der Waals surface area contributed by atoms with Gasteiger partial charge in [0.25, 0.3) is 0 Å². The fraction of sp³-hybridized carbons (Fsp3) is 0.750. The van der Waals surface area contributed by atoms with Crippen molar-refractivity contribution in [1.82, 2.24) is 0 Å². The molecule has 0 saturated carbocycles. The van der Waals surface area contributed by atoms with Crippen LogP contribution in [-0.2, 0) is 14.3 Å². The van der Waals surface area contributed by atoms with Crippen LogP contribution in [0.3, 0.4) is 0 Å². The molecule has 0 N–H and O–H groups in total. The Kier molecular flexibility index (Phi) is 4.97. The van der Waals surface area contributed by atoms with Crippen molar-refractivity contribution in [3.05, 3.63) is 0 Å². The molecule has 0 aliphatic heterocycles. The topological polar surface area (TPSA) is 55.7 Å². The number of aliphatic imine (C=N–C) groups is 1. The monoisotopic (exact) mass is 171 g/mol. The number of nitrogens with zero attached hydrogens (tertiary/aromatic N) is 1. The molecular formula is C8H13NO3. The summed E-state index contributed by atoms with van der Waals surface area (Å²) in [5, 5.41) is 0. The standard InChI is InChI=1S/C8H13NO3/c1-6(2)4-7(9-5-10)8(11)12-3/h6-7H,4H2,1-3H3/t7-/m1/s1. The van der Waals surface area contributed by atoms with Gasteiger partial charge < -0.3 is 4.74 Å². The highest BCUT2D eigenvalue weighted by Crippen LogP contribution is 2.08. The van der Waals surface area contributed by atoms with Crippen LogP contribution >= 0.6 is 0 Å². The van der Waals surface area contributed by atoms with Gasteiger partial charge in [-0.15, -0.1) is 0 Å². The van der Waals surface area contributed by atoms with Crippen molar-refractivity contribution in [2.24, 2.45) is 10.9 Å². The third-order valence-electron chi connectivity index (χ3n) is 1.38. The Balaban J connectivity index is 4.22. The van der Waals surface area contributed by atoms with Crippen LogP contribution in [0.2, 0.25) is 0 Å². The molecule has 0 heterocycles. The zero-order valence-corrected chi connectivity index (χ0v) is 7.53. The molecular weight excluding hydrogens is 158 g/mol. The molecule has 0 aliphatic rings. The summed E-state index contributed by atoms with van der Waals surface area (Å²) in [5.74, 6) is -0.182. The van der Waals surface area contributed by atoms with E-state index in [9.17, 15) is 9.59 Å². The molecule has 0 radical (unpaired) electrons. The van der Waals surface area contributed by atoms with Gasteiger partial charge in [-0.05, 0) is 12.3 Å². The van der Waals surface area contributed by atoms with Crippen molar-refractivity contribution in [2.75, 3.05) is 7.11 Å². The second-order valence-corrected chi connectivity index (χ2v) is 2.89. The molecule has 0 aromatic rings. The van der Waals surface area contributed by atoms with Crippen LogP contribution in [0, 0.1) is 5.92 Å². The highest BCUT2D eigenvalue weighted by atomic mass is 16.5. The minimum absolute atomic E-state index is 0.297. The SMILES string of the molecule is COC(=O)[C@@H](CC(C)C)N=C=O. The molecule has 0 amide bonds. The fourth-order valence-electron chi connectivity index (χ4n) is 0.848. The molecule has 0 spiro atoms. The molecule has 0 fully saturated rings. The van der Waals surface area contributed by atoms with Crippen molar-refractivity contribution in [2.45, 2.75) is 26.3 Å². The van der Waals surface area contributed by atoms with E-state index in [0.717, 1.165) is 0 Å². The quantitative estimate of drug-likeness (QED) is 0.359. The Morgan fingerprint density at radius 2 is 2.17 bits per heavy atom. The number of hydrogen-bond donors (Lipinski definition) is 0. The van der Waals surface area contributed by atoms with Gasteiger partial charge in [0, 0.05) is 0 Å². The van der Waals surface area contributed by atoms with Crippen LogP contribution in [0.15, 0.2) is 4.99 Å². The zero-order chi connectivity index (χ0) is 9.56. The van der Waals surface area contributed by atoms with Gasteiger partial charge in [0.15, 0.2) is 6.04 Å². The highest BCUT2D eigenvalue weighted by Gasteiger charge is 2.18. The number of ether oxygens (including phenoxy) is 1. The van der Waals surface area contributed by atoms with E-state index >= 15 is 0 Å². The molecule has 0 bridgehead atoms. The van der Waals surface area contributed by atoms with Crippen LogP contribution in [-0.4, -0.2) is 25.2 Å². The lowest BCUT2D eigenvalue weighted by Gasteiger charge is -2.09. The van der Waals surface area contributed by atoms with Crippen LogP contribution in [0.25, 0.3) is 0 Å². The molecule has 0 aromatic heterocycles. The van der Waals surface area contributed by atoms with E-state index in [2.05, 4.69) is 9.73 Å². The molecule has 0 aliphatic carbocycles. The maximum absolute atomic E-state index is 10.9. The van der Waals surface area contributed by atoms with Crippen LogP contribution in [0.1, 0.15) is 20.3 Å². The number of methoxy groups -OCH3 is 1. The molecule has 12 heavy (non-hydrogen) atoms. The normalized spacial score (nSPS) is 12.0. The average molecular weight is 171 g/mol. The number of hydrogen-bond acceptors (Lipinski definition) is 4. The summed E-state index contributed by atoms with van der Waals surface area (Å²) >= 11 is 0. The summed E-state index contributed by atoms with van der Waals surface area (Å²) in [4.78, 5) is 24.2.